The Morgan fingerprint density at radius 3 is 2.18 bits per heavy atom. The summed E-state index contributed by atoms with van der Waals surface area (Å²) in [6.07, 6.45) is 0. The molecule has 0 bridgehead atoms. The molecule has 2 nitrogen and oxygen atoms in total. The third-order valence-electron chi connectivity index (χ3n) is 1.91. The van der Waals surface area contributed by atoms with Crippen LogP contribution in [0.1, 0.15) is 31.2 Å². The first-order valence-electron chi connectivity index (χ1n) is 3.72. The molecule has 0 amide bonds. The molecule has 0 aliphatic heterocycles. The molecule has 0 aliphatic carbocycles. The zero-order valence-corrected chi connectivity index (χ0v) is 8.11. The van der Waals surface area contributed by atoms with E-state index < -0.39 is 0 Å². The zero-order chi connectivity index (χ0) is 8.59. The third kappa shape index (κ3) is 1.41. The van der Waals surface area contributed by atoms with E-state index in [2.05, 4.69) is 18.8 Å². The Morgan fingerprint density at radius 2 is 2.00 bits per heavy atom. The molecule has 0 N–H and O–H groups in total. The van der Waals surface area contributed by atoms with Gasteiger partial charge in [-0.15, -0.1) is 0 Å². The van der Waals surface area contributed by atoms with Gasteiger partial charge in [0.15, 0.2) is 0 Å². The molecule has 0 saturated carbocycles. The van der Waals surface area contributed by atoms with Crippen LogP contribution in [0.3, 0.4) is 0 Å². The van der Waals surface area contributed by atoms with Crippen LogP contribution in [0.25, 0.3) is 0 Å². The van der Waals surface area contributed by atoms with Gasteiger partial charge in [0.2, 0.25) is 5.28 Å². The predicted molar refractivity (Wildman–Crippen MR) is 47.0 cm³/mol. The van der Waals surface area contributed by atoms with E-state index in [1.807, 2.05) is 18.5 Å². The lowest BCUT2D eigenvalue weighted by molar-refractivity contribution is 0.807. The minimum Gasteiger partial charge on any atom is -0.322 e. The lowest BCUT2D eigenvalue weighted by Gasteiger charge is -2.01. The van der Waals surface area contributed by atoms with Crippen molar-refractivity contribution in [1.82, 2.24) is 9.55 Å². The van der Waals surface area contributed by atoms with Gasteiger partial charge in [0.1, 0.15) is 0 Å². The van der Waals surface area contributed by atoms with Crippen molar-refractivity contribution in [2.45, 2.75) is 26.7 Å². The van der Waals surface area contributed by atoms with Crippen LogP contribution in [-0.4, -0.2) is 9.55 Å². The minimum absolute atomic E-state index is 0.452. The van der Waals surface area contributed by atoms with Crippen LogP contribution >= 0.6 is 11.6 Å². The summed E-state index contributed by atoms with van der Waals surface area (Å²) in [6, 6.07) is 0. The SMILES string of the molecule is Cc1c(C(C)C)nc(Cl)n1C. The van der Waals surface area contributed by atoms with E-state index in [1.165, 1.54) is 0 Å². The first kappa shape index (κ1) is 8.60. The van der Waals surface area contributed by atoms with Crippen molar-refractivity contribution in [3.05, 3.63) is 16.7 Å². The second kappa shape index (κ2) is 2.86. The van der Waals surface area contributed by atoms with Crippen LogP contribution in [0.15, 0.2) is 0 Å². The van der Waals surface area contributed by atoms with Gasteiger partial charge in [-0.1, -0.05) is 13.8 Å². The molecular formula is C8H13ClN2. The van der Waals surface area contributed by atoms with Crippen molar-refractivity contribution in [1.29, 1.82) is 0 Å². The van der Waals surface area contributed by atoms with E-state index in [-0.39, 0.29) is 0 Å². The molecular weight excluding hydrogens is 160 g/mol. The molecule has 1 rings (SSSR count). The summed E-state index contributed by atoms with van der Waals surface area (Å²) in [5, 5.41) is 0.575. The number of imidazole rings is 1. The minimum atomic E-state index is 0.452. The summed E-state index contributed by atoms with van der Waals surface area (Å²) in [6.45, 7) is 6.27. The quantitative estimate of drug-likeness (QED) is 0.637. The number of hydrogen-bond acceptors (Lipinski definition) is 1. The predicted octanol–water partition coefficient (Wildman–Crippen LogP) is 2.51. The van der Waals surface area contributed by atoms with Crippen LogP contribution in [0.4, 0.5) is 0 Å². The molecule has 0 unspecified atom stereocenters. The maximum absolute atomic E-state index is 5.83. The van der Waals surface area contributed by atoms with Crippen molar-refractivity contribution in [3.8, 4) is 0 Å². The highest BCUT2D eigenvalue weighted by Gasteiger charge is 2.11. The van der Waals surface area contributed by atoms with E-state index in [4.69, 9.17) is 11.6 Å². The van der Waals surface area contributed by atoms with Crippen LogP contribution in [0.5, 0.6) is 0 Å². The molecule has 62 valence electrons. The Kier molecular flexibility index (Phi) is 2.23. The summed E-state index contributed by atoms with van der Waals surface area (Å²) in [5.74, 6) is 0.452. The molecule has 0 aromatic carbocycles. The highest BCUT2D eigenvalue weighted by molar-refractivity contribution is 6.28. The third-order valence-corrected chi connectivity index (χ3v) is 2.25. The molecule has 1 aromatic rings. The zero-order valence-electron chi connectivity index (χ0n) is 7.35. The Labute approximate surface area is 72.2 Å². The Bertz CT molecular complexity index is 263. The second-order valence-electron chi connectivity index (χ2n) is 3.07. The normalized spacial score (nSPS) is 11.1. The average Bonchev–Trinajstić information content (AvgIpc) is 2.17. The van der Waals surface area contributed by atoms with Gasteiger partial charge >= 0.3 is 0 Å². The Hall–Kier alpha value is -0.500. The molecule has 11 heavy (non-hydrogen) atoms. The number of halogens is 1. The maximum Gasteiger partial charge on any atom is 0.202 e. The monoisotopic (exact) mass is 172 g/mol. The van der Waals surface area contributed by atoms with E-state index in [9.17, 15) is 0 Å². The molecule has 0 saturated heterocycles. The highest BCUT2D eigenvalue weighted by atomic mass is 35.5. The van der Waals surface area contributed by atoms with Gasteiger partial charge < -0.3 is 4.57 Å². The van der Waals surface area contributed by atoms with E-state index in [0.29, 0.717) is 11.2 Å². The van der Waals surface area contributed by atoms with Crippen molar-refractivity contribution in [3.63, 3.8) is 0 Å². The summed E-state index contributed by atoms with van der Waals surface area (Å²) in [7, 11) is 1.93. The maximum atomic E-state index is 5.83. The number of hydrogen-bond donors (Lipinski definition) is 0. The first-order valence-corrected chi connectivity index (χ1v) is 4.10. The van der Waals surface area contributed by atoms with Gasteiger partial charge in [0, 0.05) is 12.7 Å². The van der Waals surface area contributed by atoms with E-state index in [1.54, 1.807) is 0 Å². The summed E-state index contributed by atoms with van der Waals surface area (Å²) < 4.78 is 1.90. The smallest absolute Gasteiger partial charge is 0.202 e. The standard InChI is InChI=1S/C8H13ClN2/c1-5(2)7-6(3)11(4)8(9)10-7/h5H,1-4H3. The molecule has 3 heteroatoms. The Morgan fingerprint density at radius 1 is 1.45 bits per heavy atom. The largest absolute Gasteiger partial charge is 0.322 e. The van der Waals surface area contributed by atoms with Crippen LogP contribution in [0.2, 0.25) is 5.28 Å². The van der Waals surface area contributed by atoms with Gasteiger partial charge in [-0.25, -0.2) is 4.98 Å². The summed E-state index contributed by atoms with van der Waals surface area (Å²) in [5.41, 5.74) is 2.25. The van der Waals surface area contributed by atoms with Crippen molar-refractivity contribution < 1.29 is 0 Å². The van der Waals surface area contributed by atoms with Gasteiger partial charge in [-0.3, -0.25) is 0 Å². The van der Waals surface area contributed by atoms with Gasteiger partial charge in [-0.2, -0.15) is 0 Å². The van der Waals surface area contributed by atoms with Crippen molar-refractivity contribution in [2.24, 2.45) is 7.05 Å². The number of rotatable bonds is 1. The van der Waals surface area contributed by atoms with Gasteiger partial charge in [0.05, 0.1) is 5.69 Å². The first-order chi connectivity index (χ1) is 5.04. The fourth-order valence-corrected chi connectivity index (χ4v) is 1.33. The summed E-state index contributed by atoms with van der Waals surface area (Å²) in [4.78, 5) is 4.24. The number of nitrogens with zero attached hydrogens (tertiary/aromatic N) is 2. The van der Waals surface area contributed by atoms with E-state index >= 15 is 0 Å². The molecule has 1 aromatic heterocycles. The molecule has 0 radical (unpaired) electrons. The van der Waals surface area contributed by atoms with Gasteiger partial charge in [0.25, 0.3) is 0 Å². The Balaban J connectivity index is 3.19. The van der Waals surface area contributed by atoms with Crippen LogP contribution in [-0.2, 0) is 7.05 Å². The topological polar surface area (TPSA) is 17.8 Å². The van der Waals surface area contributed by atoms with E-state index in [0.717, 1.165) is 11.4 Å². The molecule has 0 aliphatic rings. The molecule has 1 heterocycles. The molecule has 0 spiro atoms. The lowest BCUT2D eigenvalue weighted by atomic mass is 10.1. The van der Waals surface area contributed by atoms with Crippen molar-refractivity contribution >= 4 is 11.6 Å². The van der Waals surface area contributed by atoms with Crippen LogP contribution < -0.4 is 0 Å². The van der Waals surface area contributed by atoms with Crippen molar-refractivity contribution in [2.75, 3.05) is 0 Å². The second-order valence-corrected chi connectivity index (χ2v) is 3.40. The average molecular weight is 173 g/mol. The fourth-order valence-electron chi connectivity index (χ4n) is 1.11. The van der Waals surface area contributed by atoms with Gasteiger partial charge in [-0.05, 0) is 24.4 Å². The molecule has 0 atom stereocenters. The molecule has 0 fully saturated rings. The van der Waals surface area contributed by atoms with Crippen LogP contribution in [0, 0.1) is 6.92 Å². The highest BCUT2D eigenvalue weighted by Crippen LogP contribution is 2.20. The fraction of sp³-hybridized carbons (Fsp3) is 0.625. The summed E-state index contributed by atoms with van der Waals surface area (Å²) >= 11 is 5.83. The lowest BCUT2D eigenvalue weighted by Crippen LogP contribution is -1.94. The number of aromatic nitrogens is 2.